The van der Waals surface area contributed by atoms with Gasteiger partial charge in [0.15, 0.2) is 0 Å². The van der Waals surface area contributed by atoms with Crippen molar-refractivity contribution in [1.29, 1.82) is 0 Å². The summed E-state index contributed by atoms with van der Waals surface area (Å²) in [5.41, 5.74) is 5.29. The molecule has 2 aromatic carbocycles. The molecule has 1 aliphatic heterocycles. The highest BCUT2D eigenvalue weighted by Gasteiger charge is 2.48. The van der Waals surface area contributed by atoms with Crippen LogP contribution in [0.15, 0.2) is 42.5 Å². The van der Waals surface area contributed by atoms with E-state index in [-0.39, 0.29) is 19.1 Å². The molecule has 3 fully saturated rings. The largest absolute Gasteiger partial charge is 0.394 e. The maximum absolute atomic E-state index is 10.2. The van der Waals surface area contributed by atoms with Gasteiger partial charge in [0.1, 0.15) is 12.2 Å². The predicted molar refractivity (Wildman–Crippen MR) is 120 cm³/mol. The molecule has 0 aromatic heterocycles. The Hall–Kier alpha value is -1.43. The van der Waals surface area contributed by atoms with E-state index in [0.717, 1.165) is 17.5 Å². The Labute approximate surface area is 188 Å². The number of hydrogen-bond acceptors (Lipinski definition) is 4. The zero-order valence-electron chi connectivity index (χ0n) is 17.7. The third-order valence-corrected chi connectivity index (χ3v) is 8.07. The zero-order chi connectivity index (χ0) is 21.6. The number of halogens is 1. The number of hydrogen-bond donors (Lipinski definition) is 3. The van der Waals surface area contributed by atoms with E-state index in [2.05, 4.69) is 24.3 Å². The summed E-state index contributed by atoms with van der Waals surface area (Å²) in [5, 5.41) is 30.3. The molecule has 1 saturated heterocycles. The van der Waals surface area contributed by atoms with E-state index in [1.54, 1.807) is 0 Å². The minimum Gasteiger partial charge on any atom is -0.394 e. The molecule has 5 atom stereocenters. The first-order valence-corrected chi connectivity index (χ1v) is 11.8. The average molecular weight is 443 g/mol. The van der Waals surface area contributed by atoms with E-state index >= 15 is 0 Å². The third-order valence-electron chi connectivity index (χ3n) is 7.70. The Morgan fingerprint density at radius 3 is 2.42 bits per heavy atom. The molecule has 2 saturated carbocycles. The van der Waals surface area contributed by atoms with Gasteiger partial charge in [0.25, 0.3) is 0 Å². The highest BCUT2D eigenvalue weighted by molar-refractivity contribution is 6.31. The van der Waals surface area contributed by atoms with Crippen LogP contribution in [0.2, 0.25) is 5.02 Å². The number of aliphatic hydroxyl groups is 3. The minimum atomic E-state index is -1.07. The van der Waals surface area contributed by atoms with Gasteiger partial charge < -0.3 is 20.1 Å². The molecule has 3 aliphatic rings. The second-order valence-corrected chi connectivity index (χ2v) is 10.3. The molecule has 5 rings (SSSR count). The molecule has 166 valence electrons. The van der Waals surface area contributed by atoms with E-state index in [0.29, 0.717) is 16.4 Å². The van der Waals surface area contributed by atoms with Crippen LogP contribution in [-0.2, 0) is 11.2 Å². The predicted octanol–water partition coefficient (Wildman–Crippen LogP) is 4.52. The molecule has 3 N–H and O–H groups in total. The second-order valence-electron chi connectivity index (χ2n) is 9.85. The quantitative estimate of drug-likeness (QED) is 0.636. The van der Waals surface area contributed by atoms with E-state index in [1.165, 1.54) is 43.2 Å². The highest BCUT2D eigenvalue weighted by atomic mass is 35.5. The average Bonchev–Trinajstić information content (AvgIpc) is 3.40. The lowest BCUT2D eigenvalue weighted by atomic mass is 9.91. The maximum Gasteiger partial charge on any atom is 0.110 e. The van der Waals surface area contributed by atoms with Gasteiger partial charge in [0, 0.05) is 11.4 Å². The number of rotatable bonds is 5. The van der Waals surface area contributed by atoms with Crippen LogP contribution < -0.4 is 0 Å². The topological polar surface area (TPSA) is 69.9 Å². The Balaban J connectivity index is 1.29. The van der Waals surface area contributed by atoms with Crippen molar-refractivity contribution in [2.45, 2.75) is 75.3 Å². The summed E-state index contributed by atoms with van der Waals surface area (Å²) in [4.78, 5) is 0. The third kappa shape index (κ3) is 4.42. The van der Waals surface area contributed by atoms with Crippen molar-refractivity contribution in [2.75, 3.05) is 6.61 Å². The SMILES string of the molecule is OC[C@H]1O[C@@H](c2ccc(Cl)c(Cc3ccc(C4CCC5(CC5)C4)cc3)c2)C[C@@H](O)[C@@H]1O. The molecule has 0 radical (unpaired) electrons. The van der Waals surface area contributed by atoms with Crippen molar-refractivity contribution in [3.05, 3.63) is 69.7 Å². The van der Waals surface area contributed by atoms with Crippen molar-refractivity contribution in [1.82, 2.24) is 0 Å². The van der Waals surface area contributed by atoms with Crippen molar-refractivity contribution in [2.24, 2.45) is 5.41 Å². The Morgan fingerprint density at radius 1 is 1.00 bits per heavy atom. The van der Waals surface area contributed by atoms with Crippen molar-refractivity contribution < 1.29 is 20.1 Å². The normalized spacial score (nSPS) is 31.8. The summed E-state index contributed by atoms with van der Waals surface area (Å²) >= 11 is 6.50. The molecule has 1 heterocycles. The lowest BCUT2D eigenvalue weighted by molar-refractivity contribution is -0.181. The summed E-state index contributed by atoms with van der Waals surface area (Å²) in [6, 6.07) is 14.8. The zero-order valence-corrected chi connectivity index (χ0v) is 18.5. The summed E-state index contributed by atoms with van der Waals surface area (Å²) in [6.07, 6.45) is 4.78. The summed E-state index contributed by atoms with van der Waals surface area (Å²) < 4.78 is 5.84. The van der Waals surface area contributed by atoms with Crippen LogP contribution in [0.25, 0.3) is 0 Å². The molecule has 2 aromatic rings. The fourth-order valence-electron chi connectivity index (χ4n) is 5.50. The van der Waals surface area contributed by atoms with Gasteiger partial charge in [0.2, 0.25) is 0 Å². The van der Waals surface area contributed by atoms with Crippen LogP contribution in [0, 0.1) is 5.41 Å². The summed E-state index contributed by atoms with van der Waals surface area (Å²) in [6.45, 7) is -0.330. The maximum atomic E-state index is 10.2. The molecule has 31 heavy (non-hydrogen) atoms. The van der Waals surface area contributed by atoms with Crippen LogP contribution >= 0.6 is 11.6 Å². The van der Waals surface area contributed by atoms with Gasteiger partial charge in [-0.05, 0) is 78.2 Å². The molecular weight excluding hydrogens is 412 g/mol. The van der Waals surface area contributed by atoms with Crippen LogP contribution in [0.3, 0.4) is 0 Å². The van der Waals surface area contributed by atoms with Crippen LogP contribution in [-0.4, -0.2) is 40.2 Å². The standard InChI is InChI=1S/C26H31ClO4/c27-21-6-5-18(23-13-22(29)25(30)24(15-28)31-23)12-20(21)11-16-1-3-17(4-2-16)19-7-8-26(14-19)9-10-26/h1-6,12,19,22-25,28-30H,7-11,13-15H2/t19?,22-,23-,24-,25+/m1/s1. The molecular formula is C26H31ClO4. The first kappa shape index (κ1) is 21.4. The molecule has 5 heteroatoms. The van der Waals surface area contributed by atoms with E-state index in [9.17, 15) is 15.3 Å². The van der Waals surface area contributed by atoms with Gasteiger partial charge in [0.05, 0.1) is 18.8 Å². The highest BCUT2D eigenvalue weighted by Crippen LogP contribution is 2.61. The molecule has 1 unspecified atom stereocenters. The van der Waals surface area contributed by atoms with Crippen molar-refractivity contribution >= 4 is 11.6 Å². The molecule has 4 nitrogen and oxygen atoms in total. The first-order valence-electron chi connectivity index (χ1n) is 11.5. The molecule has 0 bridgehead atoms. The molecule has 2 aliphatic carbocycles. The van der Waals surface area contributed by atoms with Crippen molar-refractivity contribution in [3.63, 3.8) is 0 Å². The second kappa shape index (κ2) is 8.49. The smallest absolute Gasteiger partial charge is 0.110 e. The lowest BCUT2D eigenvalue weighted by Crippen LogP contribution is -2.47. The van der Waals surface area contributed by atoms with Gasteiger partial charge in [-0.25, -0.2) is 0 Å². The van der Waals surface area contributed by atoms with Gasteiger partial charge in [-0.15, -0.1) is 0 Å². The van der Waals surface area contributed by atoms with Crippen LogP contribution in [0.5, 0.6) is 0 Å². The van der Waals surface area contributed by atoms with Gasteiger partial charge in [-0.1, -0.05) is 48.0 Å². The van der Waals surface area contributed by atoms with Crippen molar-refractivity contribution in [3.8, 4) is 0 Å². The van der Waals surface area contributed by atoms with Crippen LogP contribution in [0.1, 0.15) is 72.8 Å². The van der Waals surface area contributed by atoms with Crippen LogP contribution in [0.4, 0.5) is 0 Å². The van der Waals surface area contributed by atoms with Gasteiger partial charge in [-0.3, -0.25) is 0 Å². The summed E-state index contributed by atoms with van der Waals surface area (Å²) in [7, 11) is 0. The fourth-order valence-corrected chi connectivity index (χ4v) is 5.68. The molecule has 1 spiro atoms. The number of benzene rings is 2. The Bertz CT molecular complexity index is 924. The van der Waals surface area contributed by atoms with E-state index < -0.39 is 18.3 Å². The monoisotopic (exact) mass is 442 g/mol. The number of aliphatic hydroxyl groups excluding tert-OH is 3. The van der Waals surface area contributed by atoms with Gasteiger partial charge >= 0.3 is 0 Å². The first-order chi connectivity index (χ1) is 15.0. The van der Waals surface area contributed by atoms with Gasteiger partial charge in [-0.2, -0.15) is 0 Å². The molecule has 0 amide bonds. The minimum absolute atomic E-state index is 0.288. The Kier molecular flexibility index (Phi) is 5.87. The summed E-state index contributed by atoms with van der Waals surface area (Å²) in [5.74, 6) is 0.716. The lowest BCUT2D eigenvalue weighted by Gasteiger charge is -2.36. The van der Waals surface area contributed by atoms with E-state index in [4.69, 9.17) is 16.3 Å². The fraction of sp³-hybridized carbons (Fsp3) is 0.538. The van der Waals surface area contributed by atoms with E-state index in [1.807, 2.05) is 18.2 Å². The Morgan fingerprint density at radius 2 is 1.74 bits per heavy atom. The number of ether oxygens (including phenoxy) is 1.